The first kappa shape index (κ1) is 20.1. The largest absolute Gasteiger partial charge is 0.370 e. The van der Waals surface area contributed by atoms with Crippen molar-refractivity contribution in [3.05, 3.63) is 24.6 Å². The minimum Gasteiger partial charge on any atom is -0.370 e. The summed E-state index contributed by atoms with van der Waals surface area (Å²) in [6.07, 6.45) is 25.6. The van der Waals surface area contributed by atoms with Crippen LogP contribution in [0.3, 0.4) is 0 Å². The van der Waals surface area contributed by atoms with Crippen LogP contribution in [0.1, 0.15) is 84.0 Å². The summed E-state index contributed by atoms with van der Waals surface area (Å²) < 4.78 is 0. The van der Waals surface area contributed by atoms with Gasteiger partial charge in [-0.25, -0.2) is 0 Å². The van der Waals surface area contributed by atoms with Gasteiger partial charge in [0.15, 0.2) is 0 Å². The monoisotopic (exact) mass is 321 g/mol. The maximum absolute atomic E-state index is 5.62. The molecule has 0 amide bonds. The summed E-state index contributed by atoms with van der Waals surface area (Å²) in [4.78, 5) is 2.28. The van der Waals surface area contributed by atoms with E-state index >= 15 is 0 Å². The molecule has 0 aromatic heterocycles. The van der Waals surface area contributed by atoms with Crippen molar-refractivity contribution in [3.63, 3.8) is 0 Å². The molecule has 0 aromatic rings. The minimum atomic E-state index is 0.405. The molecule has 0 bridgehead atoms. The molecule has 0 radical (unpaired) electrons. The van der Waals surface area contributed by atoms with Gasteiger partial charge in [0.25, 0.3) is 0 Å². The van der Waals surface area contributed by atoms with E-state index < -0.39 is 0 Å². The molecule has 0 fully saturated rings. The van der Waals surface area contributed by atoms with Gasteiger partial charge in [0.05, 0.1) is 0 Å². The van der Waals surface area contributed by atoms with Crippen molar-refractivity contribution in [2.24, 2.45) is 5.73 Å². The van der Waals surface area contributed by atoms with Gasteiger partial charge in [-0.2, -0.15) is 0 Å². The Bertz CT molecular complexity index is 312. The van der Waals surface area contributed by atoms with Gasteiger partial charge in [-0.05, 0) is 12.8 Å². The Morgan fingerprint density at radius 3 is 2.26 bits per heavy atom. The Labute approximate surface area is 144 Å². The summed E-state index contributed by atoms with van der Waals surface area (Å²) in [7, 11) is 0. The van der Waals surface area contributed by atoms with Crippen LogP contribution in [0, 0.1) is 0 Å². The lowest BCUT2D eigenvalue weighted by molar-refractivity contribution is 0.287. The summed E-state index contributed by atoms with van der Waals surface area (Å²) in [5.74, 6) is 0. The number of hydrogen-bond acceptors (Lipinski definition) is 3. The van der Waals surface area contributed by atoms with Crippen LogP contribution < -0.4 is 11.1 Å². The van der Waals surface area contributed by atoms with E-state index in [-0.39, 0.29) is 0 Å². The van der Waals surface area contributed by atoms with Crippen molar-refractivity contribution in [1.82, 2.24) is 10.2 Å². The van der Waals surface area contributed by atoms with Gasteiger partial charge in [0, 0.05) is 31.9 Å². The van der Waals surface area contributed by atoms with Gasteiger partial charge in [-0.3, -0.25) is 0 Å². The molecule has 0 saturated carbocycles. The van der Waals surface area contributed by atoms with Gasteiger partial charge < -0.3 is 16.0 Å². The van der Waals surface area contributed by atoms with E-state index in [1.807, 2.05) is 6.20 Å². The highest BCUT2D eigenvalue weighted by Gasteiger charge is 2.15. The molecule has 1 unspecified atom stereocenters. The molecule has 1 atom stereocenters. The lowest BCUT2D eigenvalue weighted by atomic mass is 10.1. The number of unbranched alkanes of at least 4 members (excludes halogenated alkanes) is 10. The lowest BCUT2D eigenvalue weighted by Gasteiger charge is -2.23. The van der Waals surface area contributed by atoms with Crippen molar-refractivity contribution in [2.45, 2.75) is 90.1 Å². The molecule has 23 heavy (non-hydrogen) atoms. The number of nitrogens with two attached hydrogens (primary N) is 1. The summed E-state index contributed by atoms with van der Waals surface area (Å²) in [5.41, 5.74) is 5.62. The number of nitrogens with zero attached hydrogens (tertiary/aromatic N) is 1. The molecule has 1 aliphatic heterocycles. The fourth-order valence-electron chi connectivity index (χ4n) is 3.12. The van der Waals surface area contributed by atoms with Crippen LogP contribution in [-0.4, -0.2) is 24.2 Å². The van der Waals surface area contributed by atoms with Gasteiger partial charge >= 0.3 is 0 Å². The molecule has 3 heteroatoms. The van der Waals surface area contributed by atoms with E-state index in [1.165, 1.54) is 70.6 Å². The van der Waals surface area contributed by atoms with Gasteiger partial charge in [0.2, 0.25) is 0 Å². The fraction of sp³-hybridized carbons (Fsp3) is 0.800. The standard InChI is InChI=1S/C20H39N3/c1-2-3-4-5-6-7-8-9-10-11-12-13-14-15-20-22-17-19-23(20)18-16-21/h13-14,17,19-20,22H,2-12,15-16,18,21H2,1H3/b14-13+. The third-order valence-electron chi connectivity index (χ3n) is 4.59. The molecule has 134 valence electrons. The smallest absolute Gasteiger partial charge is 0.102 e. The van der Waals surface area contributed by atoms with E-state index in [9.17, 15) is 0 Å². The van der Waals surface area contributed by atoms with Crippen LogP contribution in [0.2, 0.25) is 0 Å². The van der Waals surface area contributed by atoms with Crippen molar-refractivity contribution < 1.29 is 0 Å². The van der Waals surface area contributed by atoms with Gasteiger partial charge in [0.1, 0.15) is 6.17 Å². The van der Waals surface area contributed by atoms with Gasteiger partial charge in [-0.1, -0.05) is 76.9 Å². The first-order chi connectivity index (χ1) is 11.4. The summed E-state index contributed by atoms with van der Waals surface area (Å²) >= 11 is 0. The van der Waals surface area contributed by atoms with Crippen molar-refractivity contribution in [1.29, 1.82) is 0 Å². The average molecular weight is 322 g/mol. The van der Waals surface area contributed by atoms with Crippen LogP contribution in [0.25, 0.3) is 0 Å². The van der Waals surface area contributed by atoms with E-state index in [0.717, 1.165) is 13.0 Å². The topological polar surface area (TPSA) is 41.3 Å². The quantitative estimate of drug-likeness (QED) is 0.333. The molecule has 0 saturated heterocycles. The zero-order chi connectivity index (χ0) is 16.6. The first-order valence-corrected chi connectivity index (χ1v) is 9.92. The molecule has 1 rings (SSSR count). The molecule has 1 aliphatic rings. The highest BCUT2D eigenvalue weighted by molar-refractivity contribution is 4.98. The Morgan fingerprint density at radius 2 is 1.61 bits per heavy atom. The van der Waals surface area contributed by atoms with Crippen LogP contribution >= 0.6 is 0 Å². The van der Waals surface area contributed by atoms with E-state index in [4.69, 9.17) is 5.73 Å². The Balaban J connectivity index is 1.85. The van der Waals surface area contributed by atoms with E-state index in [0.29, 0.717) is 12.7 Å². The number of rotatable bonds is 15. The SMILES string of the molecule is CCCCCCCCCCCC/C=C/CC1NC=CN1CCN. The number of allylic oxidation sites excluding steroid dienone is 1. The normalized spacial score (nSPS) is 17.3. The molecule has 0 spiro atoms. The molecule has 3 N–H and O–H groups in total. The Morgan fingerprint density at radius 1 is 0.957 bits per heavy atom. The lowest BCUT2D eigenvalue weighted by Crippen LogP contribution is -2.37. The third kappa shape index (κ3) is 10.4. The zero-order valence-electron chi connectivity index (χ0n) is 15.3. The maximum Gasteiger partial charge on any atom is 0.102 e. The maximum atomic E-state index is 5.62. The minimum absolute atomic E-state index is 0.405. The van der Waals surface area contributed by atoms with Crippen LogP contribution in [0.15, 0.2) is 24.6 Å². The van der Waals surface area contributed by atoms with Crippen LogP contribution in [0.5, 0.6) is 0 Å². The highest BCUT2D eigenvalue weighted by atomic mass is 15.3. The van der Waals surface area contributed by atoms with E-state index in [2.05, 4.69) is 35.5 Å². The Kier molecular flexibility index (Phi) is 12.8. The van der Waals surface area contributed by atoms with Crippen LogP contribution in [0.4, 0.5) is 0 Å². The van der Waals surface area contributed by atoms with E-state index in [1.54, 1.807) is 0 Å². The second-order valence-corrected chi connectivity index (χ2v) is 6.70. The zero-order valence-corrected chi connectivity index (χ0v) is 15.3. The Hall–Kier alpha value is -0.960. The predicted octanol–water partition coefficient (Wildman–Crippen LogP) is 4.90. The van der Waals surface area contributed by atoms with Crippen molar-refractivity contribution in [3.8, 4) is 0 Å². The molecule has 0 aromatic carbocycles. The van der Waals surface area contributed by atoms with Gasteiger partial charge in [-0.15, -0.1) is 0 Å². The summed E-state index contributed by atoms with van der Waals surface area (Å²) in [6.45, 7) is 3.93. The summed E-state index contributed by atoms with van der Waals surface area (Å²) in [5, 5.41) is 3.37. The fourth-order valence-corrected chi connectivity index (χ4v) is 3.12. The average Bonchev–Trinajstić information content (AvgIpc) is 2.99. The summed E-state index contributed by atoms with van der Waals surface area (Å²) in [6, 6.07) is 0. The molecular weight excluding hydrogens is 282 g/mol. The number of nitrogens with one attached hydrogen (secondary N) is 1. The first-order valence-electron chi connectivity index (χ1n) is 9.92. The molecule has 3 nitrogen and oxygen atoms in total. The molecule has 1 heterocycles. The van der Waals surface area contributed by atoms with Crippen molar-refractivity contribution in [2.75, 3.05) is 13.1 Å². The molecule has 0 aliphatic carbocycles. The highest BCUT2D eigenvalue weighted by Crippen LogP contribution is 2.12. The third-order valence-corrected chi connectivity index (χ3v) is 4.59. The number of hydrogen-bond donors (Lipinski definition) is 2. The predicted molar refractivity (Wildman–Crippen MR) is 102 cm³/mol. The van der Waals surface area contributed by atoms with Crippen molar-refractivity contribution >= 4 is 0 Å². The van der Waals surface area contributed by atoms with Crippen LogP contribution in [-0.2, 0) is 0 Å². The second kappa shape index (κ2) is 14.6. The molecular formula is C20H39N3. The second-order valence-electron chi connectivity index (χ2n) is 6.70.